The van der Waals surface area contributed by atoms with Gasteiger partial charge in [0, 0.05) is 9.35 Å². The lowest BCUT2D eigenvalue weighted by atomic mass is 9.99. The fraction of sp³-hybridized carbons (Fsp3) is 0.136. The SMILES string of the molecule is Cc1nc(N2C(=O)c3oc4ccc(Br)cc4c(=O)c3[C@@H]2c2ccc(Cl)c(Cl)c2)sc1C. The van der Waals surface area contributed by atoms with Crippen molar-refractivity contribution in [2.75, 3.05) is 4.90 Å². The Bertz CT molecular complexity index is 1440. The topological polar surface area (TPSA) is 63.4 Å². The van der Waals surface area contributed by atoms with Gasteiger partial charge >= 0.3 is 0 Å². The number of carbonyl (C=O) groups is 1. The number of nitrogens with zero attached hydrogens (tertiary/aromatic N) is 2. The number of aryl methyl sites for hydroxylation is 2. The molecule has 0 spiro atoms. The van der Waals surface area contributed by atoms with Crippen molar-refractivity contribution >= 4 is 72.5 Å². The highest BCUT2D eigenvalue weighted by molar-refractivity contribution is 9.10. The number of hydrogen-bond donors (Lipinski definition) is 0. The average molecular weight is 536 g/mol. The van der Waals surface area contributed by atoms with E-state index in [1.165, 1.54) is 16.2 Å². The van der Waals surface area contributed by atoms with Crippen molar-refractivity contribution in [3.8, 4) is 0 Å². The molecule has 3 heterocycles. The molecule has 2 aromatic carbocycles. The molecule has 4 aromatic rings. The summed E-state index contributed by atoms with van der Waals surface area (Å²) in [5.74, 6) is -0.400. The highest BCUT2D eigenvalue weighted by atomic mass is 79.9. The minimum atomic E-state index is -0.734. The van der Waals surface area contributed by atoms with Gasteiger partial charge in [0.25, 0.3) is 5.91 Å². The summed E-state index contributed by atoms with van der Waals surface area (Å²) in [6.07, 6.45) is 0. The maximum absolute atomic E-state index is 13.6. The van der Waals surface area contributed by atoms with Crippen LogP contribution in [0.2, 0.25) is 10.0 Å². The third kappa shape index (κ3) is 3.22. The van der Waals surface area contributed by atoms with Crippen LogP contribution in [0.4, 0.5) is 5.13 Å². The number of anilines is 1. The second-order valence-corrected chi connectivity index (χ2v) is 10.1. The van der Waals surface area contributed by atoms with Crippen molar-refractivity contribution in [3.05, 3.63) is 88.6 Å². The Kier molecular flexibility index (Phi) is 4.97. The Morgan fingerprint density at radius 2 is 1.87 bits per heavy atom. The number of amides is 1. The van der Waals surface area contributed by atoms with Crippen molar-refractivity contribution in [3.63, 3.8) is 0 Å². The van der Waals surface area contributed by atoms with Gasteiger partial charge < -0.3 is 4.42 Å². The van der Waals surface area contributed by atoms with E-state index in [1.54, 1.807) is 36.4 Å². The van der Waals surface area contributed by atoms with Crippen LogP contribution in [0.15, 0.2) is 50.1 Å². The molecule has 1 atom stereocenters. The molecular weight excluding hydrogens is 523 g/mol. The van der Waals surface area contributed by atoms with E-state index >= 15 is 0 Å². The number of hydrogen-bond acceptors (Lipinski definition) is 5. The number of halogens is 3. The van der Waals surface area contributed by atoms with Crippen LogP contribution in [0.25, 0.3) is 11.0 Å². The van der Waals surface area contributed by atoms with Crippen molar-refractivity contribution in [1.29, 1.82) is 0 Å². The number of carbonyl (C=O) groups excluding carboxylic acids is 1. The van der Waals surface area contributed by atoms with Gasteiger partial charge in [-0.05, 0) is 49.7 Å². The number of rotatable bonds is 2. The zero-order valence-corrected chi connectivity index (χ0v) is 20.1. The molecule has 2 aromatic heterocycles. The van der Waals surface area contributed by atoms with E-state index in [-0.39, 0.29) is 16.8 Å². The van der Waals surface area contributed by atoms with Crippen LogP contribution in [0.5, 0.6) is 0 Å². The molecule has 9 heteroatoms. The van der Waals surface area contributed by atoms with Crippen LogP contribution in [0.1, 0.15) is 38.3 Å². The lowest BCUT2D eigenvalue weighted by Gasteiger charge is -2.22. The van der Waals surface area contributed by atoms with E-state index in [0.29, 0.717) is 31.7 Å². The van der Waals surface area contributed by atoms with E-state index in [1.807, 2.05) is 13.8 Å². The van der Waals surface area contributed by atoms with E-state index in [9.17, 15) is 9.59 Å². The predicted molar refractivity (Wildman–Crippen MR) is 127 cm³/mol. The molecule has 1 amide bonds. The van der Waals surface area contributed by atoms with Gasteiger partial charge in [-0.15, -0.1) is 11.3 Å². The van der Waals surface area contributed by atoms with E-state index in [0.717, 1.165) is 15.0 Å². The van der Waals surface area contributed by atoms with Gasteiger partial charge in [-0.25, -0.2) is 4.98 Å². The number of benzene rings is 2. The molecule has 1 aliphatic heterocycles. The van der Waals surface area contributed by atoms with Gasteiger partial charge in [0.05, 0.1) is 32.7 Å². The lowest BCUT2D eigenvalue weighted by molar-refractivity contribution is 0.0971. The van der Waals surface area contributed by atoms with Crippen molar-refractivity contribution in [1.82, 2.24) is 4.98 Å². The van der Waals surface area contributed by atoms with Crippen molar-refractivity contribution < 1.29 is 9.21 Å². The van der Waals surface area contributed by atoms with Crippen LogP contribution >= 0.6 is 50.5 Å². The monoisotopic (exact) mass is 534 g/mol. The third-order valence-electron chi connectivity index (χ3n) is 5.31. The maximum Gasteiger partial charge on any atom is 0.297 e. The third-order valence-corrected chi connectivity index (χ3v) is 7.62. The summed E-state index contributed by atoms with van der Waals surface area (Å²) in [6.45, 7) is 3.82. The summed E-state index contributed by atoms with van der Waals surface area (Å²) in [4.78, 5) is 34.1. The summed E-state index contributed by atoms with van der Waals surface area (Å²) >= 11 is 17.2. The largest absolute Gasteiger partial charge is 0.450 e. The summed E-state index contributed by atoms with van der Waals surface area (Å²) in [5.41, 5.74) is 1.81. The fourth-order valence-electron chi connectivity index (χ4n) is 3.70. The van der Waals surface area contributed by atoms with Crippen LogP contribution in [-0.4, -0.2) is 10.9 Å². The zero-order chi connectivity index (χ0) is 22.0. The van der Waals surface area contributed by atoms with Crippen LogP contribution in [0.3, 0.4) is 0 Å². The molecule has 156 valence electrons. The quantitative estimate of drug-likeness (QED) is 0.287. The number of thiazole rings is 1. The Labute approximate surface area is 199 Å². The average Bonchev–Trinajstić information content (AvgIpc) is 3.21. The number of fused-ring (bicyclic) bond motifs is 2. The van der Waals surface area contributed by atoms with Gasteiger partial charge in [0.15, 0.2) is 10.6 Å². The smallest absolute Gasteiger partial charge is 0.297 e. The van der Waals surface area contributed by atoms with Gasteiger partial charge in [0.2, 0.25) is 5.76 Å². The molecule has 0 fully saturated rings. The fourth-order valence-corrected chi connectivity index (χ4v) is 5.30. The second-order valence-electron chi connectivity index (χ2n) is 7.20. The molecule has 1 aliphatic rings. The Morgan fingerprint density at radius 1 is 1.10 bits per heavy atom. The zero-order valence-electron chi connectivity index (χ0n) is 16.2. The highest BCUT2D eigenvalue weighted by Gasteiger charge is 2.45. The van der Waals surface area contributed by atoms with E-state index in [2.05, 4.69) is 20.9 Å². The van der Waals surface area contributed by atoms with Crippen LogP contribution < -0.4 is 10.3 Å². The Morgan fingerprint density at radius 3 is 2.55 bits per heavy atom. The number of aromatic nitrogens is 1. The molecule has 5 rings (SSSR count). The summed E-state index contributed by atoms with van der Waals surface area (Å²) in [7, 11) is 0. The first kappa shape index (κ1) is 20.7. The van der Waals surface area contributed by atoms with Gasteiger partial charge in [-0.1, -0.05) is 45.2 Å². The minimum Gasteiger partial charge on any atom is -0.450 e. The molecule has 0 aliphatic carbocycles. The minimum absolute atomic E-state index is 0.0152. The highest BCUT2D eigenvalue weighted by Crippen LogP contribution is 2.44. The first-order chi connectivity index (χ1) is 14.8. The summed E-state index contributed by atoms with van der Waals surface area (Å²) < 4.78 is 6.69. The maximum atomic E-state index is 13.6. The van der Waals surface area contributed by atoms with Crippen molar-refractivity contribution in [2.24, 2.45) is 0 Å². The molecule has 0 saturated carbocycles. The molecule has 0 N–H and O–H groups in total. The Balaban J connectivity index is 1.84. The first-order valence-corrected chi connectivity index (χ1v) is 11.6. The first-order valence-electron chi connectivity index (χ1n) is 9.25. The van der Waals surface area contributed by atoms with E-state index in [4.69, 9.17) is 27.6 Å². The molecule has 0 bridgehead atoms. The second kappa shape index (κ2) is 7.45. The molecule has 5 nitrogen and oxygen atoms in total. The van der Waals surface area contributed by atoms with Crippen LogP contribution in [0, 0.1) is 13.8 Å². The van der Waals surface area contributed by atoms with Gasteiger partial charge in [0.1, 0.15) is 5.58 Å². The van der Waals surface area contributed by atoms with Crippen LogP contribution in [-0.2, 0) is 0 Å². The van der Waals surface area contributed by atoms with Gasteiger partial charge in [-0.3, -0.25) is 14.5 Å². The molecule has 0 radical (unpaired) electrons. The molecular formula is C22H13BrCl2N2O3S. The predicted octanol–water partition coefficient (Wildman–Crippen LogP) is 6.69. The van der Waals surface area contributed by atoms with E-state index < -0.39 is 11.9 Å². The molecule has 0 unspecified atom stereocenters. The lowest BCUT2D eigenvalue weighted by Crippen LogP contribution is -2.29. The normalized spacial score (nSPS) is 15.7. The van der Waals surface area contributed by atoms with Crippen molar-refractivity contribution in [2.45, 2.75) is 19.9 Å². The summed E-state index contributed by atoms with van der Waals surface area (Å²) in [6, 6.07) is 9.47. The molecule has 31 heavy (non-hydrogen) atoms. The summed E-state index contributed by atoms with van der Waals surface area (Å²) in [5, 5.41) is 1.60. The van der Waals surface area contributed by atoms with Gasteiger partial charge in [-0.2, -0.15) is 0 Å². The standard InChI is InChI=1S/C22H13BrCl2N2O3S/c1-9-10(2)31-22(26-9)27-18(11-3-5-14(24)15(25)7-11)17-19(28)13-8-12(23)4-6-16(13)30-20(17)21(27)29/h3-8,18H,1-2H3/t18-/m0/s1. The Hall–Kier alpha value is -2.19. The molecule has 0 saturated heterocycles.